The summed E-state index contributed by atoms with van der Waals surface area (Å²) in [7, 11) is 0. The Morgan fingerprint density at radius 3 is 2.11 bits per heavy atom. The van der Waals surface area contributed by atoms with Crippen LogP contribution < -0.4 is 0 Å². The summed E-state index contributed by atoms with van der Waals surface area (Å²) in [6.07, 6.45) is 2.38. The second-order valence-corrected chi connectivity index (χ2v) is 9.49. The first-order chi connectivity index (χ1) is 13.2. The fraction of sp³-hybridized carbons (Fsp3) is 0.429. The van der Waals surface area contributed by atoms with Crippen LogP contribution in [0.25, 0.3) is 21.5 Å². The van der Waals surface area contributed by atoms with Gasteiger partial charge in [-0.1, -0.05) is 77.4 Å². The van der Waals surface area contributed by atoms with E-state index in [1.165, 1.54) is 62.2 Å². The van der Waals surface area contributed by atoms with E-state index in [0.717, 1.165) is 0 Å². The molecular weight excluding hydrogens is 336 g/mol. The van der Waals surface area contributed by atoms with Crippen LogP contribution in [-0.4, -0.2) is 0 Å². The van der Waals surface area contributed by atoms with Gasteiger partial charge in [-0.25, -0.2) is 0 Å². The zero-order valence-electron chi connectivity index (χ0n) is 19.0. The van der Waals surface area contributed by atoms with Crippen molar-refractivity contribution in [1.29, 1.82) is 0 Å². The van der Waals surface area contributed by atoms with Crippen molar-refractivity contribution in [3.63, 3.8) is 0 Å². The largest absolute Gasteiger partial charge is 0.0654 e. The molecule has 0 spiro atoms. The van der Waals surface area contributed by atoms with Gasteiger partial charge in [-0.3, -0.25) is 0 Å². The van der Waals surface area contributed by atoms with Crippen molar-refractivity contribution in [3.05, 3.63) is 70.3 Å². The summed E-state index contributed by atoms with van der Waals surface area (Å²) < 4.78 is 0. The van der Waals surface area contributed by atoms with Crippen LogP contribution >= 0.6 is 0 Å². The van der Waals surface area contributed by atoms with Gasteiger partial charge in [0, 0.05) is 0 Å². The maximum absolute atomic E-state index is 2.47. The monoisotopic (exact) mass is 372 g/mol. The van der Waals surface area contributed by atoms with Crippen LogP contribution in [-0.2, 0) is 5.41 Å². The summed E-state index contributed by atoms with van der Waals surface area (Å²) in [5.41, 5.74) is 7.17. The van der Waals surface area contributed by atoms with Crippen molar-refractivity contribution in [2.45, 2.75) is 79.6 Å². The predicted molar refractivity (Wildman–Crippen MR) is 127 cm³/mol. The van der Waals surface area contributed by atoms with Crippen LogP contribution in [0.1, 0.15) is 81.2 Å². The summed E-state index contributed by atoms with van der Waals surface area (Å²) >= 11 is 0. The number of aryl methyl sites for hydroxylation is 3. The molecule has 0 aliphatic heterocycles. The van der Waals surface area contributed by atoms with Gasteiger partial charge in [0.2, 0.25) is 0 Å². The summed E-state index contributed by atoms with van der Waals surface area (Å²) in [5, 5.41) is 5.48. The highest BCUT2D eigenvalue weighted by molar-refractivity contribution is 5.85. The van der Waals surface area contributed by atoms with E-state index in [1.54, 1.807) is 0 Å². The van der Waals surface area contributed by atoms with E-state index in [0.29, 0.717) is 5.92 Å². The molecule has 0 amide bonds. The minimum absolute atomic E-state index is 0.137. The molecule has 3 aromatic rings. The lowest BCUT2D eigenvalue weighted by Crippen LogP contribution is -2.17. The molecule has 0 unspecified atom stereocenters. The van der Waals surface area contributed by atoms with Gasteiger partial charge < -0.3 is 0 Å². The van der Waals surface area contributed by atoms with E-state index in [-0.39, 0.29) is 5.41 Å². The van der Waals surface area contributed by atoms with Crippen LogP contribution in [0.3, 0.4) is 0 Å². The Labute approximate surface area is 171 Å². The van der Waals surface area contributed by atoms with Crippen molar-refractivity contribution in [2.75, 3.05) is 0 Å². The lowest BCUT2D eigenvalue weighted by molar-refractivity contribution is 0.477. The van der Waals surface area contributed by atoms with E-state index in [9.17, 15) is 0 Å². The standard InChI is InChI=1S/C28H36/c1-9-14-28(7,8)27-17-23-16-22(26(18(2)3)15-20(23)5)11-13-24-19(4)10-12-25(27)21(24)6/h10-13,15-18H,9,14H2,1-8H3. The van der Waals surface area contributed by atoms with Gasteiger partial charge in [0.25, 0.3) is 0 Å². The van der Waals surface area contributed by atoms with Crippen molar-refractivity contribution in [2.24, 2.45) is 0 Å². The lowest BCUT2D eigenvalue weighted by Gasteiger charge is -2.27. The molecule has 3 rings (SSSR count). The average molecular weight is 373 g/mol. The Bertz CT molecular complexity index is 1050. The molecule has 0 saturated carbocycles. The molecule has 0 fully saturated rings. The van der Waals surface area contributed by atoms with E-state index < -0.39 is 0 Å². The molecule has 0 heteroatoms. The fourth-order valence-corrected chi connectivity index (χ4v) is 4.70. The summed E-state index contributed by atoms with van der Waals surface area (Å²) in [6.45, 7) is 18.5. The molecule has 0 nitrogen and oxygen atoms in total. The third kappa shape index (κ3) is 3.75. The Kier molecular flexibility index (Phi) is 5.71. The van der Waals surface area contributed by atoms with Crippen LogP contribution in [0.15, 0.2) is 42.5 Å². The average Bonchev–Trinajstić information content (AvgIpc) is 2.61. The van der Waals surface area contributed by atoms with Crippen molar-refractivity contribution in [1.82, 2.24) is 0 Å². The van der Waals surface area contributed by atoms with E-state index in [1.807, 2.05) is 0 Å². The Balaban J connectivity index is 2.58. The molecule has 0 N–H and O–H groups in total. The van der Waals surface area contributed by atoms with Gasteiger partial charge in [0.15, 0.2) is 0 Å². The summed E-state index contributed by atoms with van der Waals surface area (Å²) in [6, 6.07) is 16.6. The molecular formula is C28H36. The topological polar surface area (TPSA) is 0 Å². The first-order valence-corrected chi connectivity index (χ1v) is 10.8. The maximum Gasteiger partial charge on any atom is -0.00974 e. The van der Waals surface area contributed by atoms with Gasteiger partial charge in [-0.15, -0.1) is 0 Å². The number of fused-ring (bicyclic) bond motifs is 4. The van der Waals surface area contributed by atoms with Crippen molar-refractivity contribution < 1.29 is 0 Å². The number of rotatable bonds is 4. The Hall–Kier alpha value is -2.08. The molecule has 0 aliphatic rings. The first-order valence-electron chi connectivity index (χ1n) is 10.8. The third-order valence-corrected chi connectivity index (χ3v) is 6.45. The van der Waals surface area contributed by atoms with Crippen molar-refractivity contribution in [3.8, 4) is 0 Å². The van der Waals surface area contributed by atoms with Gasteiger partial charge >= 0.3 is 0 Å². The highest BCUT2D eigenvalue weighted by Gasteiger charge is 2.22. The van der Waals surface area contributed by atoms with Gasteiger partial charge in [-0.05, 0) is 94.0 Å². The molecule has 148 valence electrons. The zero-order chi connectivity index (χ0) is 20.6. The van der Waals surface area contributed by atoms with E-state index >= 15 is 0 Å². The van der Waals surface area contributed by atoms with E-state index in [4.69, 9.17) is 0 Å². The van der Waals surface area contributed by atoms with Crippen LogP contribution in [0.5, 0.6) is 0 Å². The Morgan fingerprint density at radius 1 is 0.786 bits per heavy atom. The second-order valence-electron chi connectivity index (χ2n) is 9.49. The molecule has 3 aromatic carbocycles. The smallest absolute Gasteiger partial charge is 0.00974 e. The second kappa shape index (κ2) is 7.74. The highest BCUT2D eigenvalue weighted by atomic mass is 14.3. The maximum atomic E-state index is 2.47. The van der Waals surface area contributed by atoms with Gasteiger partial charge in [0.1, 0.15) is 0 Å². The molecule has 28 heavy (non-hydrogen) atoms. The highest BCUT2D eigenvalue weighted by Crippen LogP contribution is 2.36. The fourth-order valence-electron chi connectivity index (χ4n) is 4.70. The van der Waals surface area contributed by atoms with E-state index in [2.05, 4.69) is 97.9 Å². The predicted octanol–water partition coefficient (Wildman–Crippen LogP) is 8.68. The molecule has 0 heterocycles. The first kappa shape index (κ1) is 20.6. The lowest BCUT2D eigenvalue weighted by atomic mass is 9.78. The number of hydrogen-bond donors (Lipinski definition) is 0. The van der Waals surface area contributed by atoms with Crippen LogP contribution in [0.2, 0.25) is 0 Å². The molecule has 4 bridgehead atoms. The SMILES string of the molecule is CCCC(C)(C)c1cc2cc(ccc3c(C)ccc1c3C)c(C(C)C)cc2C. The van der Waals surface area contributed by atoms with Crippen LogP contribution in [0, 0.1) is 20.8 Å². The van der Waals surface area contributed by atoms with Gasteiger partial charge in [-0.2, -0.15) is 0 Å². The third-order valence-electron chi connectivity index (χ3n) is 6.45. The zero-order valence-corrected chi connectivity index (χ0v) is 19.0. The molecule has 0 aromatic heterocycles. The quantitative estimate of drug-likeness (QED) is 0.429. The molecule has 0 atom stereocenters. The van der Waals surface area contributed by atoms with Crippen LogP contribution in [0.4, 0.5) is 0 Å². The summed E-state index contributed by atoms with van der Waals surface area (Å²) in [5.74, 6) is 0.517. The minimum Gasteiger partial charge on any atom is -0.0654 e. The molecule has 0 saturated heterocycles. The molecule has 0 aliphatic carbocycles. The normalized spacial score (nSPS) is 12.2. The molecule has 0 radical (unpaired) electrons. The van der Waals surface area contributed by atoms with Gasteiger partial charge in [0.05, 0.1) is 0 Å². The number of hydrogen-bond acceptors (Lipinski definition) is 0. The number of benzene rings is 2. The minimum atomic E-state index is 0.137. The Morgan fingerprint density at radius 2 is 1.46 bits per heavy atom. The summed E-state index contributed by atoms with van der Waals surface area (Å²) in [4.78, 5) is 0. The van der Waals surface area contributed by atoms with Crippen molar-refractivity contribution >= 4 is 21.5 Å².